The van der Waals surface area contributed by atoms with Crippen molar-refractivity contribution >= 4 is 0 Å². The molecule has 0 radical (unpaired) electrons. The standard InChI is InChI=1S/C6H2F8/c7-1-2(6(12,13)14)3(8)4(9)5(10)11/h1H2. The largest absolute Gasteiger partial charge is 0.418 e. The first kappa shape index (κ1) is 12.9. The highest BCUT2D eigenvalue weighted by molar-refractivity contribution is 5.28. The van der Waals surface area contributed by atoms with Crippen LogP contribution in [0.4, 0.5) is 35.1 Å². The average Bonchev–Trinajstić information content (AvgIpc) is 2.01. The first-order valence-corrected chi connectivity index (χ1v) is 2.94. The van der Waals surface area contributed by atoms with Crippen molar-refractivity contribution in [1.29, 1.82) is 0 Å². The van der Waals surface area contributed by atoms with E-state index in [9.17, 15) is 35.1 Å². The molecule has 0 saturated heterocycles. The molecule has 0 spiro atoms. The third-order valence-corrected chi connectivity index (χ3v) is 1.10. The lowest BCUT2D eigenvalue weighted by atomic mass is 10.2. The smallest absolute Gasteiger partial charge is 0.246 e. The van der Waals surface area contributed by atoms with Gasteiger partial charge in [-0.1, -0.05) is 0 Å². The summed E-state index contributed by atoms with van der Waals surface area (Å²) in [5.41, 5.74) is -2.61. The molecule has 0 aliphatic carbocycles. The first-order valence-electron chi connectivity index (χ1n) is 2.94. The molecule has 0 aliphatic heterocycles. The summed E-state index contributed by atoms with van der Waals surface area (Å²) in [5.74, 6) is -5.94. The molecule has 8 heteroatoms. The number of allylic oxidation sites excluding steroid dienone is 3. The van der Waals surface area contributed by atoms with Crippen molar-refractivity contribution in [2.45, 2.75) is 6.18 Å². The van der Waals surface area contributed by atoms with Gasteiger partial charge < -0.3 is 0 Å². The van der Waals surface area contributed by atoms with Crippen LogP contribution in [0, 0.1) is 0 Å². The summed E-state index contributed by atoms with van der Waals surface area (Å²) in [6.45, 7) is -2.42. The zero-order chi connectivity index (χ0) is 11.5. The summed E-state index contributed by atoms with van der Waals surface area (Å²) in [6, 6.07) is 0. The Morgan fingerprint density at radius 2 is 1.29 bits per heavy atom. The van der Waals surface area contributed by atoms with Gasteiger partial charge in [-0.05, 0) is 0 Å². The van der Waals surface area contributed by atoms with Crippen molar-refractivity contribution in [3.05, 3.63) is 23.3 Å². The fourth-order valence-electron chi connectivity index (χ4n) is 0.474. The molecule has 0 fully saturated rings. The maximum absolute atomic E-state index is 12.2. The Balaban J connectivity index is 5.37. The van der Waals surface area contributed by atoms with E-state index in [2.05, 4.69) is 0 Å². The molecule has 0 aromatic rings. The van der Waals surface area contributed by atoms with E-state index in [1.807, 2.05) is 0 Å². The maximum atomic E-state index is 12.2. The number of rotatable bonds is 2. The van der Waals surface area contributed by atoms with Crippen LogP contribution in [0.15, 0.2) is 23.3 Å². The molecule has 0 aliphatic rings. The number of hydrogen-bond acceptors (Lipinski definition) is 0. The van der Waals surface area contributed by atoms with E-state index in [1.54, 1.807) is 0 Å². The van der Waals surface area contributed by atoms with Crippen LogP contribution in [0.1, 0.15) is 0 Å². The maximum Gasteiger partial charge on any atom is 0.418 e. The lowest BCUT2D eigenvalue weighted by molar-refractivity contribution is -0.0970. The van der Waals surface area contributed by atoms with Gasteiger partial charge in [-0.2, -0.15) is 26.3 Å². The Bertz CT molecular complexity index is 266. The quantitative estimate of drug-likeness (QED) is 0.496. The highest BCUT2D eigenvalue weighted by atomic mass is 19.4. The van der Waals surface area contributed by atoms with Gasteiger partial charge in [0.2, 0.25) is 5.83 Å². The predicted molar refractivity (Wildman–Crippen MR) is 30.5 cm³/mol. The van der Waals surface area contributed by atoms with Crippen LogP contribution in [0.25, 0.3) is 0 Å². The van der Waals surface area contributed by atoms with E-state index < -0.39 is 36.2 Å². The second-order valence-corrected chi connectivity index (χ2v) is 2.00. The summed E-state index contributed by atoms with van der Waals surface area (Å²) >= 11 is 0. The second kappa shape index (κ2) is 4.43. The molecule has 0 aromatic carbocycles. The zero-order valence-electron chi connectivity index (χ0n) is 6.23. The van der Waals surface area contributed by atoms with E-state index in [-0.39, 0.29) is 0 Å². The van der Waals surface area contributed by atoms with Gasteiger partial charge in [0.25, 0.3) is 0 Å². The second-order valence-electron chi connectivity index (χ2n) is 2.00. The Hall–Kier alpha value is -1.08. The van der Waals surface area contributed by atoms with Gasteiger partial charge in [-0.25, -0.2) is 8.78 Å². The van der Waals surface area contributed by atoms with Gasteiger partial charge in [-0.3, -0.25) is 0 Å². The van der Waals surface area contributed by atoms with E-state index in [0.717, 1.165) is 0 Å². The fraction of sp³-hybridized carbons (Fsp3) is 0.333. The summed E-state index contributed by atoms with van der Waals surface area (Å²) < 4.78 is 93.2. The van der Waals surface area contributed by atoms with Gasteiger partial charge in [0.05, 0.1) is 0 Å². The first-order chi connectivity index (χ1) is 6.21. The molecule has 0 rings (SSSR count). The van der Waals surface area contributed by atoms with E-state index in [4.69, 9.17) is 0 Å². The minimum atomic E-state index is -5.52. The molecule has 0 amide bonds. The van der Waals surface area contributed by atoms with Gasteiger partial charge in [-0.15, -0.1) is 0 Å². The third-order valence-electron chi connectivity index (χ3n) is 1.10. The molecule has 82 valence electrons. The van der Waals surface area contributed by atoms with Crippen molar-refractivity contribution in [3.8, 4) is 0 Å². The predicted octanol–water partition coefficient (Wildman–Crippen LogP) is 3.82. The summed E-state index contributed by atoms with van der Waals surface area (Å²) in [6.07, 6.45) is -8.80. The highest BCUT2D eigenvalue weighted by Gasteiger charge is 2.38. The molecule has 0 heterocycles. The Morgan fingerprint density at radius 3 is 1.50 bits per heavy atom. The van der Waals surface area contributed by atoms with Gasteiger partial charge in [0.1, 0.15) is 12.2 Å². The summed E-state index contributed by atoms with van der Waals surface area (Å²) in [5, 5.41) is 0. The SMILES string of the molecule is FCC(=C(F)C(F)=C(F)F)C(F)(F)F. The van der Waals surface area contributed by atoms with Crippen molar-refractivity contribution < 1.29 is 35.1 Å². The molecule has 0 unspecified atom stereocenters. The van der Waals surface area contributed by atoms with Crippen LogP contribution in [0.3, 0.4) is 0 Å². The number of halogens is 8. The third kappa shape index (κ3) is 3.00. The number of hydrogen-bond donors (Lipinski definition) is 0. The fourth-order valence-corrected chi connectivity index (χ4v) is 0.474. The van der Waals surface area contributed by atoms with E-state index >= 15 is 0 Å². The van der Waals surface area contributed by atoms with Crippen LogP contribution in [-0.4, -0.2) is 12.9 Å². The minimum Gasteiger partial charge on any atom is -0.246 e. The summed E-state index contributed by atoms with van der Waals surface area (Å²) in [7, 11) is 0. The van der Waals surface area contributed by atoms with Crippen molar-refractivity contribution in [2.75, 3.05) is 6.67 Å². The Morgan fingerprint density at radius 1 is 0.857 bits per heavy atom. The number of alkyl halides is 4. The molecule has 0 N–H and O–H groups in total. The molecular weight excluding hydrogens is 224 g/mol. The lowest BCUT2D eigenvalue weighted by Gasteiger charge is -2.08. The monoisotopic (exact) mass is 226 g/mol. The molecule has 0 bridgehead atoms. The summed E-state index contributed by atoms with van der Waals surface area (Å²) in [4.78, 5) is 0. The molecular formula is C6H2F8. The van der Waals surface area contributed by atoms with Crippen LogP contribution in [-0.2, 0) is 0 Å². The molecule has 0 saturated carbocycles. The van der Waals surface area contributed by atoms with Crippen LogP contribution in [0.2, 0.25) is 0 Å². The van der Waals surface area contributed by atoms with Crippen LogP contribution < -0.4 is 0 Å². The Labute approximate surface area is 72.5 Å². The van der Waals surface area contributed by atoms with Gasteiger partial charge in [0, 0.05) is 0 Å². The molecule has 0 aromatic heterocycles. The molecule has 0 nitrogen and oxygen atoms in total. The van der Waals surface area contributed by atoms with E-state index in [0.29, 0.717) is 0 Å². The molecule has 0 atom stereocenters. The lowest BCUT2D eigenvalue weighted by Crippen LogP contribution is -2.15. The van der Waals surface area contributed by atoms with Crippen molar-refractivity contribution in [1.82, 2.24) is 0 Å². The van der Waals surface area contributed by atoms with Gasteiger partial charge >= 0.3 is 12.3 Å². The van der Waals surface area contributed by atoms with Crippen molar-refractivity contribution in [2.24, 2.45) is 0 Å². The topological polar surface area (TPSA) is 0 Å². The minimum absolute atomic E-state index is 2.42. The van der Waals surface area contributed by atoms with Crippen molar-refractivity contribution in [3.63, 3.8) is 0 Å². The van der Waals surface area contributed by atoms with Gasteiger partial charge in [0.15, 0.2) is 5.83 Å². The Kier molecular flexibility index (Phi) is 4.08. The zero-order valence-corrected chi connectivity index (χ0v) is 6.23. The van der Waals surface area contributed by atoms with E-state index in [1.165, 1.54) is 0 Å². The average molecular weight is 226 g/mol. The van der Waals surface area contributed by atoms with Crippen LogP contribution >= 0.6 is 0 Å². The van der Waals surface area contributed by atoms with Crippen LogP contribution in [0.5, 0.6) is 0 Å². The highest BCUT2D eigenvalue weighted by Crippen LogP contribution is 2.33. The molecule has 14 heavy (non-hydrogen) atoms. The normalized spacial score (nSPS) is 13.7.